The van der Waals surface area contributed by atoms with Crippen molar-refractivity contribution >= 4 is 23.5 Å². The number of carboxylic acid groups (broad SMARTS) is 1. The number of nitrogens with zero attached hydrogens (tertiary/aromatic N) is 1. The van der Waals surface area contributed by atoms with E-state index in [0.717, 1.165) is 5.56 Å². The Kier molecular flexibility index (Phi) is 4.52. The summed E-state index contributed by atoms with van der Waals surface area (Å²) >= 11 is 5.97. The Morgan fingerprint density at radius 2 is 2.00 bits per heavy atom. The second kappa shape index (κ2) is 5.68. The first-order valence-electron chi connectivity index (χ1n) is 5.17. The van der Waals surface area contributed by atoms with Crippen LogP contribution in [0, 0.1) is 0 Å². The molecule has 5 heteroatoms. The number of amides is 1. The van der Waals surface area contributed by atoms with Crippen molar-refractivity contribution in [1.82, 2.24) is 4.90 Å². The lowest BCUT2D eigenvalue weighted by molar-refractivity contribution is -0.149. The molecule has 0 bridgehead atoms. The van der Waals surface area contributed by atoms with E-state index in [1.165, 1.54) is 18.7 Å². The van der Waals surface area contributed by atoms with Gasteiger partial charge in [-0.2, -0.15) is 0 Å². The second-order valence-corrected chi connectivity index (χ2v) is 4.16. The van der Waals surface area contributed by atoms with Crippen molar-refractivity contribution in [2.75, 3.05) is 0 Å². The molecular formula is C12H14ClNO3. The van der Waals surface area contributed by atoms with Gasteiger partial charge in [0.2, 0.25) is 5.91 Å². The highest BCUT2D eigenvalue weighted by Crippen LogP contribution is 2.18. The topological polar surface area (TPSA) is 57.6 Å². The predicted octanol–water partition coefficient (Wildman–Crippen LogP) is 2.16. The number of aliphatic carboxylic acids is 1. The summed E-state index contributed by atoms with van der Waals surface area (Å²) in [5.74, 6) is -1.33. The molecule has 1 unspecified atom stereocenters. The highest BCUT2D eigenvalue weighted by Gasteiger charge is 2.23. The zero-order valence-electron chi connectivity index (χ0n) is 9.68. The average Bonchev–Trinajstić information content (AvgIpc) is 2.26. The molecule has 0 radical (unpaired) electrons. The van der Waals surface area contributed by atoms with Gasteiger partial charge in [-0.15, -0.1) is 0 Å². The number of carbonyl (C=O) groups is 2. The first kappa shape index (κ1) is 13.5. The van der Waals surface area contributed by atoms with E-state index in [2.05, 4.69) is 0 Å². The zero-order chi connectivity index (χ0) is 13.0. The number of rotatable bonds is 4. The SMILES string of the molecule is CC(=O)N(Cc1ccccc1Cl)C(C)C(=O)O. The Bertz CT molecular complexity index is 434. The van der Waals surface area contributed by atoms with Crippen molar-refractivity contribution in [3.63, 3.8) is 0 Å². The van der Waals surface area contributed by atoms with Gasteiger partial charge in [-0.05, 0) is 18.6 Å². The van der Waals surface area contributed by atoms with Crippen LogP contribution in [-0.4, -0.2) is 27.9 Å². The van der Waals surface area contributed by atoms with Crippen LogP contribution in [0.1, 0.15) is 19.4 Å². The van der Waals surface area contributed by atoms with Gasteiger partial charge >= 0.3 is 5.97 Å². The molecular weight excluding hydrogens is 242 g/mol. The van der Waals surface area contributed by atoms with E-state index in [4.69, 9.17) is 16.7 Å². The van der Waals surface area contributed by atoms with Crippen molar-refractivity contribution in [2.45, 2.75) is 26.4 Å². The minimum Gasteiger partial charge on any atom is -0.480 e. The largest absolute Gasteiger partial charge is 0.480 e. The van der Waals surface area contributed by atoms with Crippen molar-refractivity contribution in [2.24, 2.45) is 0 Å². The number of benzene rings is 1. The quantitative estimate of drug-likeness (QED) is 0.897. The normalized spacial score (nSPS) is 11.9. The number of carboxylic acids is 1. The molecule has 1 N–H and O–H groups in total. The number of hydrogen-bond donors (Lipinski definition) is 1. The standard InChI is InChI=1S/C12H14ClNO3/c1-8(12(16)17)14(9(2)15)7-10-5-3-4-6-11(10)13/h3-6,8H,7H2,1-2H3,(H,16,17). The van der Waals surface area contributed by atoms with Crippen molar-refractivity contribution in [3.8, 4) is 0 Å². The van der Waals surface area contributed by atoms with E-state index in [-0.39, 0.29) is 12.5 Å². The summed E-state index contributed by atoms with van der Waals surface area (Å²) in [7, 11) is 0. The van der Waals surface area contributed by atoms with E-state index < -0.39 is 12.0 Å². The van der Waals surface area contributed by atoms with Gasteiger partial charge in [-0.3, -0.25) is 4.79 Å². The molecule has 4 nitrogen and oxygen atoms in total. The molecule has 1 atom stereocenters. The molecule has 0 fully saturated rings. The number of hydrogen-bond acceptors (Lipinski definition) is 2. The third kappa shape index (κ3) is 3.46. The Morgan fingerprint density at radius 1 is 1.41 bits per heavy atom. The highest BCUT2D eigenvalue weighted by molar-refractivity contribution is 6.31. The highest BCUT2D eigenvalue weighted by atomic mass is 35.5. The maximum Gasteiger partial charge on any atom is 0.326 e. The first-order chi connectivity index (χ1) is 7.93. The first-order valence-corrected chi connectivity index (χ1v) is 5.54. The van der Waals surface area contributed by atoms with Crippen LogP contribution in [0.3, 0.4) is 0 Å². The van der Waals surface area contributed by atoms with Crippen LogP contribution in [0.5, 0.6) is 0 Å². The average molecular weight is 256 g/mol. The summed E-state index contributed by atoms with van der Waals surface area (Å²) in [4.78, 5) is 23.6. The van der Waals surface area contributed by atoms with Crippen LogP contribution in [0.25, 0.3) is 0 Å². The Hall–Kier alpha value is -1.55. The monoisotopic (exact) mass is 255 g/mol. The van der Waals surface area contributed by atoms with Gasteiger partial charge in [0.15, 0.2) is 0 Å². The maximum atomic E-state index is 11.4. The van der Waals surface area contributed by atoms with E-state index in [1.807, 2.05) is 0 Å². The molecule has 1 amide bonds. The molecule has 0 aliphatic carbocycles. The van der Waals surface area contributed by atoms with Gasteiger partial charge in [0, 0.05) is 18.5 Å². The summed E-state index contributed by atoms with van der Waals surface area (Å²) in [5, 5.41) is 9.45. The molecule has 0 aliphatic rings. The fourth-order valence-corrected chi connectivity index (χ4v) is 1.66. The third-order valence-electron chi connectivity index (χ3n) is 2.53. The summed E-state index contributed by atoms with van der Waals surface area (Å²) in [6.07, 6.45) is 0. The second-order valence-electron chi connectivity index (χ2n) is 3.75. The Labute approximate surface area is 105 Å². The van der Waals surface area contributed by atoms with Gasteiger partial charge in [0.1, 0.15) is 6.04 Å². The zero-order valence-corrected chi connectivity index (χ0v) is 10.4. The van der Waals surface area contributed by atoms with Crippen LogP contribution in [0.2, 0.25) is 5.02 Å². The van der Waals surface area contributed by atoms with Gasteiger partial charge in [-0.25, -0.2) is 4.79 Å². The fourth-order valence-electron chi connectivity index (χ4n) is 1.46. The number of halogens is 1. The van der Waals surface area contributed by atoms with Crippen LogP contribution in [0.4, 0.5) is 0 Å². The van der Waals surface area contributed by atoms with Gasteiger partial charge in [0.05, 0.1) is 0 Å². The van der Waals surface area contributed by atoms with Crippen LogP contribution >= 0.6 is 11.6 Å². The molecule has 0 saturated carbocycles. The Balaban J connectivity index is 2.92. The Morgan fingerprint density at radius 3 is 2.47 bits per heavy atom. The lowest BCUT2D eigenvalue weighted by atomic mass is 10.2. The fraction of sp³-hybridized carbons (Fsp3) is 0.333. The van der Waals surface area contributed by atoms with E-state index in [0.29, 0.717) is 5.02 Å². The molecule has 0 saturated heterocycles. The molecule has 1 rings (SSSR count). The van der Waals surface area contributed by atoms with Gasteiger partial charge in [0.25, 0.3) is 0 Å². The third-order valence-corrected chi connectivity index (χ3v) is 2.90. The summed E-state index contributed by atoms with van der Waals surface area (Å²) in [5.41, 5.74) is 0.734. The van der Waals surface area contributed by atoms with Crippen LogP contribution in [-0.2, 0) is 16.1 Å². The van der Waals surface area contributed by atoms with E-state index in [9.17, 15) is 9.59 Å². The number of carbonyl (C=O) groups excluding carboxylic acids is 1. The maximum absolute atomic E-state index is 11.4. The molecule has 1 aromatic rings. The molecule has 0 aromatic heterocycles. The molecule has 0 heterocycles. The molecule has 0 spiro atoms. The summed E-state index contributed by atoms with van der Waals surface area (Å²) in [6.45, 7) is 3.01. The lowest BCUT2D eigenvalue weighted by Crippen LogP contribution is -2.41. The lowest BCUT2D eigenvalue weighted by Gasteiger charge is -2.25. The molecule has 0 aliphatic heterocycles. The van der Waals surface area contributed by atoms with Gasteiger partial charge in [-0.1, -0.05) is 29.8 Å². The van der Waals surface area contributed by atoms with E-state index >= 15 is 0 Å². The minimum atomic E-state index is -1.03. The smallest absolute Gasteiger partial charge is 0.326 e. The van der Waals surface area contributed by atoms with Crippen molar-refractivity contribution in [1.29, 1.82) is 0 Å². The van der Waals surface area contributed by atoms with Crippen LogP contribution in [0.15, 0.2) is 24.3 Å². The molecule has 1 aromatic carbocycles. The van der Waals surface area contributed by atoms with Crippen molar-refractivity contribution < 1.29 is 14.7 Å². The minimum absolute atomic E-state index is 0.197. The summed E-state index contributed by atoms with van der Waals surface area (Å²) < 4.78 is 0. The molecule has 17 heavy (non-hydrogen) atoms. The van der Waals surface area contributed by atoms with Crippen molar-refractivity contribution in [3.05, 3.63) is 34.9 Å². The van der Waals surface area contributed by atoms with E-state index in [1.54, 1.807) is 24.3 Å². The van der Waals surface area contributed by atoms with Gasteiger partial charge < -0.3 is 10.0 Å². The summed E-state index contributed by atoms with van der Waals surface area (Å²) in [6, 6.07) is 6.19. The molecule has 92 valence electrons. The van der Waals surface area contributed by atoms with Crippen LogP contribution < -0.4 is 0 Å². The predicted molar refractivity (Wildman–Crippen MR) is 64.8 cm³/mol.